The predicted octanol–water partition coefficient (Wildman–Crippen LogP) is 4.63. The highest BCUT2D eigenvalue weighted by Gasteiger charge is 2.36. The highest BCUT2D eigenvalue weighted by Crippen LogP contribution is 2.33. The van der Waals surface area contributed by atoms with Crippen LogP contribution < -0.4 is 5.32 Å². The van der Waals surface area contributed by atoms with Gasteiger partial charge >= 0.3 is 0 Å². The molecular formula is C24H27F2NO2. The molecule has 0 bridgehead atoms. The molecule has 29 heavy (non-hydrogen) atoms. The van der Waals surface area contributed by atoms with Gasteiger partial charge in [-0.3, -0.25) is 9.59 Å². The summed E-state index contributed by atoms with van der Waals surface area (Å²) in [5, 5.41) is 2.91. The number of carbonyl (C=O) groups is 2. The molecule has 0 spiro atoms. The molecule has 154 valence electrons. The van der Waals surface area contributed by atoms with Crippen molar-refractivity contribution in [2.24, 2.45) is 11.8 Å². The van der Waals surface area contributed by atoms with Gasteiger partial charge in [0.1, 0.15) is 17.4 Å². The number of Topliss-reactive ketones (excluding diaryl/α,β-unsaturated/α-hetero) is 1. The summed E-state index contributed by atoms with van der Waals surface area (Å²) < 4.78 is 26.5. The summed E-state index contributed by atoms with van der Waals surface area (Å²) >= 11 is 0. The molecule has 0 aromatic heterocycles. The van der Waals surface area contributed by atoms with Crippen LogP contribution in [0.25, 0.3) is 0 Å². The van der Waals surface area contributed by atoms with Crippen LogP contribution in [0, 0.1) is 23.5 Å². The normalized spacial score (nSPS) is 18.6. The summed E-state index contributed by atoms with van der Waals surface area (Å²) in [7, 11) is 0. The number of nitrogens with one attached hydrogen (secondary N) is 1. The molecule has 3 rings (SSSR count). The number of halogens is 2. The maximum absolute atomic E-state index is 13.2. The van der Waals surface area contributed by atoms with Crippen molar-refractivity contribution in [2.45, 2.75) is 44.9 Å². The van der Waals surface area contributed by atoms with Gasteiger partial charge in [0.15, 0.2) is 0 Å². The van der Waals surface area contributed by atoms with Crippen LogP contribution in [0.4, 0.5) is 8.78 Å². The van der Waals surface area contributed by atoms with E-state index in [0.29, 0.717) is 32.2 Å². The molecule has 0 saturated heterocycles. The largest absolute Gasteiger partial charge is 0.356 e. The van der Waals surface area contributed by atoms with E-state index < -0.39 is 0 Å². The second-order valence-corrected chi connectivity index (χ2v) is 7.76. The summed E-state index contributed by atoms with van der Waals surface area (Å²) in [6.45, 7) is 0.430. The van der Waals surface area contributed by atoms with Gasteiger partial charge in [-0.1, -0.05) is 30.7 Å². The molecule has 1 aliphatic rings. The number of ketones is 1. The SMILES string of the molecule is O=C(CCCc1cccc(F)c1)[C@@H]1CCC[C@H]1C(=O)NCCc1cccc(F)c1. The Hall–Kier alpha value is -2.56. The van der Waals surface area contributed by atoms with Crippen LogP contribution in [0.3, 0.4) is 0 Å². The lowest BCUT2D eigenvalue weighted by Crippen LogP contribution is -2.36. The van der Waals surface area contributed by atoms with Gasteiger partial charge in [0, 0.05) is 24.8 Å². The molecule has 2 atom stereocenters. The van der Waals surface area contributed by atoms with Gasteiger partial charge < -0.3 is 5.32 Å². The minimum absolute atomic E-state index is 0.0811. The van der Waals surface area contributed by atoms with Crippen LogP contribution in [0.5, 0.6) is 0 Å². The maximum Gasteiger partial charge on any atom is 0.223 e. The molecule has 0 heterocycles. The Kier molecular flexibility index (Phi) is 7.50. The zero-order chi connectivity index (χ0) is 20.6. The number of hydrogen-bond donors (Lipinski definition) is 1. The average Bonchev–Trinajstić information content (AvgIpc) is 3.18. The topological polar surface area (TPSA) is 46.2 Å². The lowest BCUT2D eigenvalue weighted by molar-refractivity contribution is -0.132. The Labute approximate surface area is 170 Å². The smallest absolute Gasteiger partial charge is 0.223 e. The first kappa shape index (κ1) is 21.2. The van der Waals surface area contributed by atoms with Crippen molar-refractivity contribution in [2.75, 3.05) is 6.54 Å². The molecule has 1 fully saturated rings. The van der Waals surface area contributed by atoms with Crippen molar-refractivity contribution in [3.05, 3.63) is 71.3 Å². The van der Waals surface area contributed by atoms with E-state index in [1.54, 1.807) is 12.1 Å². The Balaban J connectivity index is 1.44. The number of amides is 1. The van der Waals surface area contributed by atoms with Gasteiger partial charge in [-0.15, -0.1) is 0 Å². The molecule has 0 unspecified atom stereocenters. The summed E-state index contributed by atoms with van der Waals surface area (Å²) in [6, 6.07) is 12.8. The van der Waals surface area contributed by atoms with Crippen LogP contribution in [0.1, 0.15) is 43.2 Å². The first-order valence-electron chi connectivity index (χ1n) is 10.3. The standard InChI is InChI=1S/C24H27F2NO2/c25-19-8-1-5-17(15-19)7-3-12-23(28)21-10-4-11-22(21)24(29)27-14-13-18-6-2-9-20(26)16-18/h1-2,5-6,8-9,15-16,21-22H,3-4,7,10-14H2,(H,27,29)/t21-,22-/m1/s1. The van der Waals surface area contributed by atoms with Crippen molar-refractivity contribution in [1.29, 1.82) is 0 Å². The predicted molar refractivity (Wildman–Crippen MR) is 108 cm³/mol. The lowest BCUT2D eigenvalue weighted by atomic mass is 9.88. The van der Waals surface area contributed by atoms with Gasteiger partial charge in [0.05, 0.1) is 0 Å². The third-order valence-corrected chi connectivity index (χ3v) is 5.65. The summed E-state index contributed by atoms with van der Waals surface area (Å²) in [6.07, 6.45) is 4.64. The van der Waals surface area contributed by atoms with Crippen molar-refractivity contribution < 1.29 is 18.4 Å². The molecule has 1 amide bonds. The molecule has 5 heteroatoms. The van der Waals surface area contributed by atoms with Crippen molar-refractivity contribution in [3.63, 3.8) is 0 Å². The van der Waals surface area contributed by atoms with E-state index in [-0.39, 0.29) is 35.2 Å². The minimum Gasteiger partial charge on any atom is -0.356 e. The van der Waals surface area contributed by atoms with Crippen molar-refractivity contribution >= 4 is 11.7 Å². The quantitative estimate of drug-likeness (QED) is 0.668. The third-order valence-electron chi connectivity index (χ3n) is 5.65. The fourth-order valence-electron chi connectivity index (χ4n) is 4.16. The molecule has 3 nitrogen and oxygen atoms in total. The molecule has 0 aliphatic heterocycles. The van der Waals surface area contributed by atoms with Gasteiger partial charge in [0.25, 0.3) is 0 Å². The number of hydrogen-bond acceptors (Lipinski definition) is 2. The molecule has 2 aromatic carbocycles. The number of rotatable bonds is 9. The van der Waals surface area contributed by atoms with Gasteiger partial charge in [-0.2, -0.15) is 0 Å². The van der Waals surface area contributed by atoms with E-state index >= 15 is 0 Å². The highest BCUT2D eigenvalue weighted by molar-refractivity contribution is 5.89. The minimum atomic E-state index is -0.284. The van der Waals surface area contributed by atoms with Gasteiger partial charge in [-0.05, 0) is 67.5 Å². The fourth-order valence-corrected chi connectivity index (χ4v) is 4.16. The lowest BCUT2D eigenvalue weighted by Gasteiger charge is -2.18. The maximum atomic E-state index is 13.2. The Morgan fingerprint density at radius 1 is 0.897 bits per heavy atom. The van der Waals surface area contributed by atoms with E-state index in [1.807, 2.05) is 12.1 Å². The van der Waals surface area contributed by atoms with Crippen LogP contribution in [-0.2, 0) is 22.4 Å². The first-order valence-corrected chi connectivity index (χ1v) is 10.3. The molecule has 1 saturated carbocycles. The second-order valence-electron chi connectivity index (χ2n) is 7.76. The Bertz CT molecular complexity index is 783. The zero-order valence-electron chi connectivity index (χ0n) is 16.5. The van der Waals surface area contributed by atoms with Gasteiger partial charge in [-0.25, -0.2) is 8.78 Å². The highest BCUT2D eigenvalue weighted by atomic mass is 19.1. The summed E-state index contributed by atoms with van der Waals surface area (Å²) in [5.74, 6) is -0.999. The first-order chi connectivity index (χ1) is 14.0. The van der Waals surface area contributed by atoms with E-state index in [9.17, 15) is 18.4 Å². The van der Waals surface area contributed by atoms with Crippen molar-refractivity contribution in [1.82, 2.24) is 5.32 Å². The molecule has 1 N–H and O–H groups in total. The van der Waals surface area contributed by atoms with Crippen LogP contribution in [0.2, 0.25) is 0 Å². The monoisotopic (exact) mass is 399 g/mol. The van der Waals surface area contributed by atoms with Crippen molar-refractivity contribution in [3.8, 4) is 0 Å². The zero-order valence-corrected chi connectivity index (χ0v) is 16.5. The van der Waals surface area contributed by atoms with Gasteiger partial charge in [0.2, 0.25) is 5.91 Å². The molecule has 0 radical (unpaired) electrons. The molecular weight excluding hydrogens is 372 g/mol. The van der Waals surface area contributed by atoms with E-state index in [4.69, 9.17) is 0 Å². The van der Waals surface area contributed by atoms with E-state index in [1.165, 1.54) is 24.3 Å². The van der Waals surface area contributed by atoms with E-state index in [0.717, 1.165) is 30.4 Å². The van der Waals surface area contributed by atoms with E-state index in [2.05, 4.69) is 5.32 Å². The fraction of sp³-hybridized carbons (Fsp3) is 0.417. The summed E-state index contributed by atoms with van der Waals surface area (Å²) in [4.78, 5) is 25.2. The Morgan fingerprint density at radius 2 is 1.52 bits per heavy atom. The van der Waals surface area contributed by atoms with Crippen LogP contribution in [-0.4, -0.2) is 18.2 Å². The third kappa shape index (κ3) is 6.21. The average molecular weight is 399 g/mol. The molecule has 1 aliphatic carbocycles. The molecule has 2 aromatic rings. The number of carbonyl (C=O) groups excluding carboxylic acids is 2. The Morgan fingerprint density at radius 3 is 2.17 bits per heavy atom. The van der Waals surface area contributed by atoms with Crippen LogP contribution >= 0.6 is 0 Å². The summed E-state index contributed by atoms with van der Waals surface area (Å²) in [5.41, 5.74) is 1.72. The second kappa shape index (κ2) is 10.3. The number of aryl methyl sites for hydroxylation is 1. The van der Waals surface area contributed by atoms with Crippen LogP contribution in [0.15, 0.2) is 48.5 Å². The number of benzene rings is 2.